The molecule has 17 heavy (non-hydrogen) atoms. The van der Waals surface area contributed by atoms with Crippen molar-refractivity contribution in [1.29, 1.82) is 0 Å². The molecular weight excluding hydrogens is 220 g/mol. The number of nitrogens with zero attached hydrogens (tertiary/aromatic N) is 2. The minimum atomic E-state index is -1.02. The summed E-state index contributed by atoms with van der Waals surface area (Å²) in [6.45, 7) is -0.305. The van der Waals surface area contributed by atoms with Crippen LogP contribution in [0.25, 0.3) is 0 Å². The predicted octanol–water partition coefficient (Wildman–Crippen LogP) is 0.909. The van der Waals surface area contributed by atoms with Crippen molar-refractivity contribution in [2.45, 2.75) is 0 Å². The average molecular weight is 236 g/mol. The van der Waals surface area contributed by atoms with Gasteiger partial charge in [0.2, 0.25) is 0 Å². The molecule has 0 unspecified atom stereocenters. The topological polar surface area (TPSA) is 60.9 Å². The standard InChI is InChI=1S/C12H16N2O3/c1-13(2)10-7-5-4-6-9(10)12(17)14(3)8-11(15)16/h4-7H,8H2,1-3H3,(H,15,16). The minimum absolute atomic E-state index is 0.295. The number of hydrogen-bond acceptors (Lipinski definition) is 3. The van der Waals surface area contributed by atoms with Gasteiger partial charge in [0.15, 0.2) is 0 Å². The molecule has 0 heterocycles. The minimum Gasteiger partial charge on any atom is -0.480 e. The highest BCUT2D eigenvalue weighted by atomic mass is 16.4. The quantitative estimate of drug-likeness (QED) is 0.844. The lowest BCUT2D eigenvalue weighted by molar-refractivity contribution is -0.137. The molecule has 0 saturated heterocycles. The zero-order valence-corrected chi connectivity index (χ0v) is 10.2. The Hall–Kier alpha value is -2.04. The Morgan fingerprint density at radius 3 is 2.29 bits per heavy atom. The van der Waals surface area contributed by atoms with Crippen LogP contribution in [0.4, 0.5) is 5.69 Å². The number of likely N-dealkylation sites (N-methyl/N-ethyl adjacent to an activating group) is 1. The van der Waals surface area contributed by atoms with E-state index in [-0.39, 0.29) is 12.5 Å². The number of carbonyl (C=O) groups excluding carboxylic acids is 1. The largest absolute Gasteiger partial charge is 0.480 e. The fourth-order valence-corrected chi connectivity index (χ4v) is 1.52. The van der Waals surface area contributed by atoms with Gasteiger partial charge < -0.3 is 14.9 Å². The molecule has 0 aliphatic heterocycles. The lowest BCUT2D eigenvalue weighted by Crippen LogP contribution is -2.32. The maximum absolute atomic E-state index is 12.0. The molecule has 1 N–H and O–H groups in total. The first-order valence-corrected chi connectivity index (χ1v) is 5.17. The Bertz CT molecular complexity index is 430. The van der Waals surface area contributed by atoms with E-state index in [1.165, 1.54) is 11.9 Å². The first-order valence-electron chi connectivity index (χ1n) is 5.17. The lowest BCUT2D eigenvalue weighted by atomic mass is 10.1. The fourth-order valence-electron chi connectivity index (χ4n) is 1.52. The maximum Gasteiger partial charge on any atom is 0.323 e. The number of carbonyl (C=O) groups is 2. The summed E-state index contributed by atoms with van der Waals surface area (Å²) in [6.07, 6.45) is 0. The summed E-state index contributed by atoms with van der Waals surface area (Å²) < 4.78 is 0. The molecule has 0 atom stereocenters. The van der Waals surface area contributed by atoms with Crippen LogP contribution in [0.5, 0.6) is 0 Å². The number of hydrogen-bond donors (Lipinski definition) is 1. The Balaban J connectivity index is 2.99. The van der Waals surface area contributed by atoms with Crippen LogP contribution in [0.3, 0.4) is 0 Å². The van der Waals surface area contributed by atoms with Crippen LogP contribution in [-0.4, -0.2) is 49.6 Å². The van der Waals surface area contributed by atoms with Crippen molar-refractivity contribution < 1.29 is 14.7 Å². The Kier molecular flexibility index (Phi) is 4.09. The normalized spacial score (nSPS) is 9.82. The SMILES string of the molecule is CN(CC(=O)O)C(=O)c1ccccc1N(C)C. The number of para-hydroxylation sites is 1. The number of carboxylic acid groups (broad SMARTS) is 1. The van der Waals surface area contributed by atoms with Gasteiger partial charge in [0.25, 0.3) is 5.91 Å². The molecular formula is C12H16N2O3. The molecule has 0 spiro atoms. The van der Waals surface area contributed by atoms with Gasteiger partial charge in [0.05, 0.1) is 5.56 Å². The van der Waals surface area contributed by atoms with Crippen LogP contribution >= 0.6 is 0 Å². The maximum atomic E-state index is 12.0. The summed E-state index contributed by atoms with van der Waals surface area (Å²) >= 11 is 0. The highest BCUT2D eigenvalue weighted by Crippen LogP contribution is 2.19. The van der Waals surface area contributed by atoms with Crippen molar-refractivity contribution >= 4 is 17.6 Å². The molecule has 0 aliphatic carbocycles. The summed E-state index contributed by atoms with van der Waals surface area (Å²) in [5, 5.41) is 8.65. The van der Waals surface area contributed by atoms with Crippen LogP contribution < -0.4 is 4.90 Å². The highest BCUT2D eigenvalue weighted by molar-refractivity contribution is 6.00. The van der Waals surface area contributed by atoms with E-state index >= 15 is 0 Å². The van der Waals surface area contributed by atoms with Gasteiger partial charge in [-0.3, -0.25) is 9.59 Å². The van der Waals surface area contributed by atoms with Crippen LogP contribution in [-0.2, 0) is 4.79 Å². The molecule has 1 aromatic rings. The van der Waals surface area contributed by atoms with Crippen LogP contribution in [0.2, 0.25) is 0 Å². The van der Waals surface area contributed by atoms with Gasteiger partial charge in [-0.05, 0) is 12.1 Å². The van der Waals surface area contributed by atoms with Gasteiger partial charge in [-0.1, -0.05) is 12.1 Å². The number of rotatable bonds is 4. The molecule has 5 nitrogen and oxygen atoms in total. The van der Waals surface area contributed by atoms with E-state index in [2.05, 4.69) is 0 Å². The van der Waals surface area contributed by atoms with Gasteiger partial charge in [0.1, 0.15) is 6.54 Å². The molecule has 0 aliphatic rings. The smallest absolute Gasteiger partial charge is 0.323 e. The third-order valence-corrected chi connectivity index (χ3v) is 2.34. The van der Waals surface area contributed by atoms with Gasteiger partial charge in [-0.2, -0.15) is 0 Å². The second kappa shape index (κ2) is 5.34. The highest BCUT2D eigenvalue weighted by Gasteiger charge is 2.17. The van der Waals surface area contributed by atoms with Gasteiger partial charge in [0, 0.05) is 26.8 Å². The fraction of sp³-hybridized carbons (Fsp3) is 0.333. The zero-order valence-electron chi connectivity index (χ0n) is 10.2. The molecule has 0 bridgehead atoms. The first-order chi connectivity index (χ1) is 7.93. The Morgan fingerprint density at radius 2 is 1.76 bits per heavy atom. The third-order valence-electron chi connectivity index (χ3n) is 2.34. The predicted molar refractivity (Wildman–Crippen MR) is 65.4 cm³/mol. The number of benzene rings is 1. The van der Waals surface area contributed by atoms with Gasteiger partial charge >= 0.3 is 5.97 Å². The number of anilines is 1. The van der Waals surface area contributed by atoms with Crippen molar-refractivity contribution in [3.05, 3.63) is 29.8 Å². The molecule has 0 aromatic heterocycles. The van der Waals surface area contributed by atoms with E-state index in [4.69, 9.17) is 5.11 Å². The Morgan fingerprint density at radius 1 is 1.18 bits per heavy atom. The molecule has 0 saturated carbocycles. The third kappa shape index (κ3) is 3.21. The van der Waals surface area contributed by atoms with E-state index in [9.17, 15) is 9.59 Å². The zero-order chi connectivity index (χ0) is 13.0. The lowest BCUT2D eigenvalue weighted by Gasteiger charge is -2.20. The summed E-state index contributed by atoms with van der Waals surface area (Å²) in [6, 6.07) is 7.11. The van der Waals surface area contributed by atoms with E-state index in [0.717, 1.165) is 5.69 Å². The van der Waals surface area contributed by atoms with Crippen molar-refractivity contribution in [2.75, 3.05) is 32.6 Å². The number of aliphatic carboxylic acids is 1. The van der Waals surface area contributed by atoms with E-state index in [1.807, 2.05) is 31.1 Å². The second-order valence-electron chi connectivity index (χ2n) is 3.97. The monoisotopic (exact) mass is 236 g/mol. The molecule has 1 amide bonds. The molecule has 0 fully saturated rings. The van der Waals surface area contributed by atoms with Crippen LogP contribution in [0, 0.1) is 0 Å². The molecule has 5 heteroatoms. The number of amides is 1. The summed E-state index contributed by atoms with van der Waals surface area (Å²) in [5.74, 6) is -1.32. The Labute approximate surface area is 100 Å². The van der Waals surface area contributed by atoms with Crippen LogP contribution in [0.1, 0.15) is 10.4 Å². The number of carboxylic acids is 1. The second-order valence-corrected chi connectivity index (χ2v) is 3.97. The average Bonchev–Trinajstić information content (AvgIpc) is 2.27. The van der Waals surface area contributed by atoms with Crippen molar-refractivity contribution in [3.63, 3.8) is 0 Å². The van der Waals surface area contributed by atoms with Gasteiger partial charge in [-0.15, -0.1) is 0 Å². The van der Waals surface area contributed by atoms with Crippen molar-refractivity contribution in [3.8, 4) is 0 Å². The summed E-state index contributed by atoms with van der Waals surface area (Å²) in [4.78, 5) is 25.6. The summed E-state index contributed by atoms with van der Waals surface area (Å²) in [5.41, 5.74) is 1.27. The van der Waals surface area contributed by atoms with Crippen LogP contribution in [0.15, 0.2) is 24.3 Å². The first kappa shape index (κ1) is 13.0. The van der Waals surface area contributed by atoms with Crippen molar-refractivity contribution in [1.82, 2.24) is 4.90 Å². The van der Waals surface area contributed by atoms with Crippen molar-refractivity contribution in [2.24, 2.45) is 0 Å². The molecule has 0 radical (unpaired) electrons. The van der Waals surface area contributed by atoms with E-state index < -0.39 is 5.97 Å². The molecule has 92 valence electrons. The molecule has 1 rings (SSSR count). The summed E-state index contributed by atoms with van der Waals surface area (Å²) in [7, 11) is 5.15. The molecule has 1 aromatic carbocycles. The van der Waals surface area contributed by atoms with E-state index in [0.29, 0.717) is 5.56 Å². The van der Waals surface area contributed by atoms with E-state index in [1.54, 1.807) is 12.1 Å². The van der Waals surface area contributed by atoms with Gasteiger partial charge in [-0.25, -0.2) is 0 Å².